The van der Waals surface area contributed by atoms with Crippen LogP contribution in [0.25, 0.3) is 0 Å². The molecule has 0 spiro atoms. The number of piperazine rings is 1. The fourth-order valence-electron chi connectivity index (χ4n) is 2.87. The Morgan fingerprint density at radius 1 is 1.38 bits per heavy atom. The van der Waals surface area contributed by atoms with Crippen LogP contribution in [0.3, 0.4) is 0 Å². The van der Waals surface area contributed by atoms with E-state index in [-0.39, 0.29) is 23.9 Å². The Hall–Kier alpha value is -1.43. The molecule has 2 atom stereocenters. The molecule has 6 heteroatoms. The van der Waals surface area contributed by atoms with Crippen molar-refractivity contribution in [2.24, 2.45) is 5.92 Å². The van der Waals surface area contributed by atoms with Crippen molar-refractivity contribution in [3.63, 3.8) is 0 Å². The maximum atomic E-state index is 12.7. The Bertz CT molecular complexity index is 574. The normalized spacial score (nSPS) is 25.9. The van der Waals surface area contributed by atoms with Crippen LogP contribution in [0.5, 0.6) is 0 Å². The van der Waals surface area contributed by atoms with Gasteiger partial charge in [0, 0.05) is 23.4 Å². The van der Waals surface area contributed by atoms with E-state index in [1.807, 2.05) is 13.0 Å². The van der Waals surface area contributed by atoms with Crippen molar-refractivity contribution >= 4 is 27.7 Å². The molecule has 2 unspecified atom stereocenters. The average molecular weight is 352 g/mol. The molecule has 112 valence electrons. The predicted molar refractivity (Wildman–Crippen MR) is 81.2 cm³/mol. The smallest absolute Gasteiger partial charge is 0.246 e. The highest BCUT2D eigenvalue weighted by molar-refractivity contribution is 9.10. The largest absolute Gasteiger partial charge is 0.342 e. The number of amides is 2. The molecule has 2 heterocycles. The number of rotatable bonds is 4. The summed E-state index contributed by atoms with van der Waals surface area (Å²) in [7, 11) is 0. The molecule has 0 bridgehead atoms. The molecule has 1 N–H and O–H groups in total. The molecule has 2 aliphatic rings. The van der Waals surface area contributed by atoms with Crippen LogP contribution in [0.1, 0.15) is 31.7 Å². The fourth-order valence-corrected chi connectivity index (χ4v) is 3.28. The highest BCUT2D eigenvalue weighted by atomic mass is 79.9. The number of aromatic nitrogens is 1. The van der Waals surface area contributed by atoms with Gasteiger partial charge in [0.2, 0.25) is 11.8 Å². The molecule has 3 rings (SSSR count). The molecule has 1 saturated heterocycles. The van der Waals surface area contributed by atoms with E-state index < -0.39 is 0 Å². The van der Waals surface area contributed by atoms with Gasteiger partial charge in [-0.2, -0.15) is 0 Å². The van der Waals surface area contributed by atoms with Gasteiger partial charge in [-0.15, -0.1) is 0 Å². The molecule has 5 nitrogen and oxygen atoms in total. The van der Waals surface area contributed by atoms with Crippen molar-refractivity contribution in [2.75, 3.05) is 0 Å². The van der Waals surface area contributed by atoms with Gasteiger partial charge in [0.15, 0.2) is 0 Å². The Labute approximate surface area is 132 Å². The van der Waals surface area contributed by atoms with Crippen molar-refractivity contribution < 1.29 is 9.59 Å². The topological polar surface area (TPSA) is 62.3 Å². The number of hydrogen-bond acceptors (Lipinski definition) is 3. The number of hydrogen-bond donors (Lipinski definition) is 1. The van der Waals surface area contributed by atoms with Gasteiger partial charge in [0.25, 0.3) is 0 Å². The third-order valence-corrected chi connectivity index (χ3v) is 4.55. The van der Waals surface area contributed by atoms with Crippen LogP contribution in [0.2, 0.25) is 0 Å². The summed E-state index contributed by atoms with van der Waals surface area (Å²) in [5.74, 6) is 0.336. The second kappa shape index (κ2) is 5.75. The molecule has 1 saturated carbocycles. The van der Waals surface area contributed by atoms with Gasteiger partial charge in [-0.25, -0.2) is 0 Å². The lowest BCUT2D eigenvalue weighted by Crippen LogP contribution is -2.63. The summed E-state index contributed by atoms with van der Waals surface area (Å²) >= 11 is 3.39. The van der Waals surface area contributed by atoms with Crippen molar-refractivity contribution in [1.82, 2.24) is 15.2 Å². The molecule has 21 heavy (non-hydrogen) atoms. The van der Waals surface area contributed by atoms with Gasteiger partial charge < -0.3 is 10.2 Å². The number of pyridine rings is 1. The minimum atomic E-state index is -0.383. The van der Waals surface area contributed by atoms with Crippen molar-refractivity contribution in [3.8, 4) is 0 Å². The van der Waals surface area contributed by atoms with Crippen molar-refractivity contribution in [2.45, 2.75) is 44.8 Å². The van der Waals surface area contributed by atoms with Gasteiger partial charge in [-0.05, 0) is 52.7 Å². The van der Waals surface area contributed by atoms with Crippen LogP contribution < -0.4 is 5.32 Å². The Kier molecular flexibility index (Phi) is 3.97. The van der Waals surface area contributed by atoms with Crippen LogP contribution >= 0.6 is 15.9 Å². The van der Waals surface area contributed by atoms with Crippen LogP contribution in [-0.2, 0) is 16.1 Å². The number of halogens is 1. The first-order valence-corrected chi connectivity index (χ1v) is 8.09. The highest BCUT2D eigenvalue weighted by Gasteiger charge is 2.46. The first-order valence-electron chi connectivity index (χ1n) is 7.30. The van der Waals surface area contributed by atoms with E-state index in [1.54, 1.807) is 17.3 Å². The van der Waals surface area contributed by atoms with Crippen LogP contribution in [0.15, 0.2) is 22.9 Å². The maximum Gasteiger partial charge on any atom is 0.246 e. The molecular weight excluding hydrogens is 334 g/mol. The molecule has 1 aliphatic carbocycles. The lowest BCUT2D eigenvalue weighted by atomic mass is 10.0. The number of carbonyl (C=O) groups is 2. The summed E-state index contributed by atoms with van der Waals surface area (Å²) in [6.07, 6.45) is 6.12. The SMILES string of the molecule is CCC1C(=O)NC(C2CC2)C(=O)N1Cc1cncc(Br)c1. The lowest BCUT2D eigenvalue weighted by molar-refractivity contribution is -0.150. The maximum absolute atomic E-state index is 12.7. The Morgan fingerprint density at radius 3 is 2.76 bits per heavy atom. The van der Waals surface area contributed by atoms with Crippen molar-refractivity contribution in [1.29, 1.82) is 0 Å². The van der Waals surface area contributed by atoms with Gasteiger partial charge in [0.1, 0.15) is 12.1 Å². The van der Waals surface area contributed by atoms with Gasteiger partial charge >= 0.3 is 0 Å². The van der Waals surface area contributed by atoms with Crippen LogP contribution in [-0.4, -0.2) is 33.8 Å². The predicted octanol–water partition coefficient (Wildman–Crippen LogP) is 1.86. The third kappa shape index (κ3) is 2.95. The summed E-state index contributed by atoms with van der Waals surface area (Å²) in [5, 5.41) is 2.90. The van der Waals surface area contributed by atoms with Gasteiger partial charge in [-0.3, -0.25) is 14.6 Å². The summed E-state index contributed by atoms with van der Waals surface area (Å²) in [5.41, 5.74) is 0.931. The standard InChI is InChI=1S/C15H18BrN3O2/c1-2-12-14(20)18-13(10-3-4-10)15(21)19(12)8-9-5-11(16)7-17-6-9/h5-7,10,12-13H,2-4,8H2,1H3,(H,18,20). The second-order valence-corrected chi connectivity index (χ2v) is 6.64. The Balaban J connectivity index is 1.84. The summed E-state index contributed by atoms with van der Waals surface area (Å²) in [6.45, 7) is 2.36. The quantitative estimate of drug-likeness (QED) is 0.900. The van der Waals surface area contributed by atoms with E-state index in [4.69, 9.17) is 0 Å². The summed E-state index contributed by atoms with van der Waals surface area (Å²) < 4.78 is 0.876. The zero-order chi connectivity index (χ0) is 15.0. The molecule has 2 fully saturated rings. The van der Waals surface area contributed by atoms with E-state index in [0.717, 1.165) is 22.9 Å². The number of carbonyl (C=O) groups excluding carboxylic acids is 2. The molecule has 1 aliphatic heterocycles. The monoisotopic (exact) mass is 351 g/mol. The van der Waals surface area contributed by atoms with E-state index in [1.165, 1.54) is 0 Å². The zero-order valence-corrected chi connectivity index (χ0v) is 13.5. The van der Waals surface area contributed by atoms with E-state index in [9.17, 15) is 9.59 Å². The molecule has 1 aromatic heterocycles. The first-order chi connectivity index (χ1) is 10.1. The number of nitrogens with zero attached hydrogens (tertiary/aromatic N) is 2. The third-order valence-electron chi connectivity index (χ3n) is 4.12. The summed E-state index contributed by atoms with van der Waals surface area (Å²) in [4.78, 5) is 30.8. The second-order valence-electron chi connectivity index (χ2n) is 5.73. The molecule has 2 amide bonds. The van der Waals surface area contributed by atoms with E-state index in [0.29, 0.717) is 18.9 Å². The van der Waals surface area contributed by atoms with E-state index in [2.05, 4.69) is 26.2 Å². The first kappa shape index (κ1) is 14.5. The molecule has 1 aromatic rings. The fraction of sp³-hybridized carbons (Fsp3) is 0.533. The van der Waals surface area contributed by atoms with Crippen molar-refractivity contribution in [3.05, 3.63) is 28.5 Å². The van der Waals surface area contributed by atoms with Gasteiger partial charge in [0.05, 0.1) is 0 Å². The highest BCUT2D eigenvalue weighted by Crippen LogP contribution is 2.35. The molecular formula is C15H18BrN3O2. The Morgan fingerprint density at radius 2 is 2.14 bits per heavy atom. The van der Waals surface area contributed by atoms with Crippen LogP contribution in [0, 0.1) is 5.92 Å². The van der Waals surface area contributed by atoms with Gasteiger partial charge in [-0.1, -0.05) is 6.92 Å². The van der Waals surface area contributed by atoms with Crippen LogP contribution in [0.4, 0.5) is 0 Å². The summed E-state index contributed by atoms with van der Waals surface area (Å²) in [6, 6.07) is 1.22. The minimum absolute atomic E-state index is 0.0306. The minimum Gasteiger partial charge on any atom is -0.342 e. The lowest BCUT2D eigenvalue weighted by Gasteiger charge is -2.38. The average Bonchev–Trinajstić information content (AvgIpc) is 3.27. The zero-order valence-electron chi connectivity index (χ0n) is 11.9. The molecule has 0 radical (unpaired) electrons. The molecule has 0 aromatic carbocycles. The number of nitrogens with one attached hydrogen (secondary N) is 1. The van der Waals surface area contributed by atoms with E-state index >= 15 is 0 Å².